The molecule has 1 unspecified atom stereocenters. The smallest absolute Gasteiger partial charge is 0.410 e. The molecule has 0 spiro atoms. The van der Waals surface area contributed by atoms with Crippen LogP contribution in [0.25, 0.3) is 0 Å². The molecule has 1 aliphatic rings. The molecule has 1 fully saturated rings. The van der Waals surface area contributed by atoms with Crippen molar-refractivity contribution >= 4 is 17.7 Å². The molecule has 1 saturated heterocycles. The molecule has 22 heavy (non-hydrogen) atoms. The molecule has 1 aromatic rings. The summed E-state index contributed by atoms with van der Waals surface area (Å²) in [4.78, 5) is 13.8. The van der Waals surface area contributed by atoms with Crippen LogP contribution in [0.15, 0.2) is 24.3 Å². The Morgan fingerprint density at radius 3 is 2.82 bits per heavy atom. The van der Waals surface area contributed by atoms with Crippen molar-refractivity contribution in [1.29, 1.82) is 0 Å². The highest BCUT2D eigenvalue weighted by molar-refractivity contribution is 6.31. The van der Waals surface area contributed by atoms with Gasteiger partial charge in [-0.1, -0.05) is 29.8 Å². The maximum Gasteiger partial charge on any atom is 0.410 e. The highest BCUT2D eigenvalue weighted by atomic mass is 35.5. The van der Waals surface area contributed by atoms with Crippen LogP contribution in [-0.2, 0) is 11.3 Å². The number of rotatable bonds is 4. The Balaban J connectivity index is 1.73. The van der Waals surface area contributed by atoms with Crippen molar-refractivity contribution in [2.45, 2.75) is 39.3 Å². The fourth-order valence-corrected chi connectivity index (χ4v) is 2.75. The summed E-state index contributed by atoms with van der Waals surface area (Å²) in [5.74, 6) is 0.468. The molecule has 0 radical (unpaired) electrons. The normalized spacial score (nSPS) is 18.5. The van der Waals surface area contributed by atoms with Gasteiger partial charge >= 0.3 is 6.09 Å². The fraction of sp³-hybridized carbons (Fsp3) is 0.588. The first kappa shape index (κ1) is 17.1. The second-order valence-corrected chi connectivity index (χ2v) is 7.21. The van der Waals surface area contributed by atoms with Crippen LogP contribution in [0, 0.1) is 5.92 Å². The largest absolute Gasteiger partial charge is 0.444 e. The van der Waals surface area contributed by atoms with E-state index in [9.17, 15) is 4.79 Å². The van der Waals surface area contributed by atoms with Crippen LogP contribution in [0.4, 0.5) is 4.79 Å². The van der Waals surface area contributed by atoms with Crippen molar-refractivity contribution in [3.8, 4) is 0 Å². The topological polar surface area (TPSA) is 41.6 Å². The molecule has 5 heteroatoms. The first-order chi connectivity index (χ1) is 10.3. The Labute approximate surface area is 137 Å². The van der Waals surface area contributed by atoms with Gasteiger partial charge in [0.2, 0.25) is 0 Å². The van der Waals surface area contributed by atoms with E-state index in [0.29, 0.717) is 5.92 Å². The third-order valence-electron chi connectivity index (χ3n) is 3.64. The number of hydrogen-bond acceptors (Lipinski definition) is 3. The molecule has 1 aromatic carbocycles. The maximum atomic E-state index is 12.0. The Morgan fingerprint density at radius 2 is 2.14 bits per heavy atom. The molecule has 1 heterocycles. The van der Waals surface area contributed by atoms with Crippen molar-refractivity contribution in [2.24, 2.45) is 5.92 Å². The third kappa shape index (κ3) is 5.18. The fourth-order valence-electron chi connectivity index (χ4n) is 2.54. The van der Waals surface area contributed by atoms with Crippen molar-refractivity contribution < 1.29 is 9.53 Å². The molecule has 1 aliphatic heterocycles. The summed E-state index contributed by atoms with van der Waals surface area (Å²) in [6.45, 7) is 8.84. The van der Waals surface area contributed by atoms with Gasteiger partial charge in [-0.05, 0) is 44.7 Å². The maximum absolute atomic E-state index is 12.0. The van der Waals surface area contributed by atoms with Gasteiger partial charge in [-0.15, -0.1) is 0 Å². The molecule has 2 rings (SSSR count). The van der Waals surface area contributed by atoms with Gasteiger partial charge in [0, 0.05) is 31.2 Å². The minimum atomic E-state index is -0.433. The number of amides is 1. The molecule has 1 N–H and O–H groups in total. The predicted molar refractivity (Wildman–Crippen MR) is 89.1 cm³/mol. The molecule has 1 atom stereocenters. The quantitative estimate of drug-likeness (QED) is 0.918. The second kappa shape index (κ2) is 7.34. The van der Waals surface area contributed by atoms with Gasteiger partial charge in [-0.25, -0.2) is 4.79 Å². The predicted octanol–water partition coefficient (Wildman–Crippen LogP) is 3.69. The van der Waals surface area contributed by atoms with Crippen molar-refractivity contribution in [3.05, 3.63) is 34.9 Å². The van der Waals surface area contributed by atoms with Crippen LogP contribution in [0.5, 0.6) is 0 Å². The van der Waals surface area contributed by atoms with Gasteiger partial charge in [-0.2, -0.15) is 0 Å². The van der Waals surface area contributed by atoms with Gasteiger partial charge < -0.3 is 15.0 Å². The first-order valence-electron chi connectivity index (χ1n) is 7.77. The Hall–Kier alpha value is -1.26. The summed E-state index contributed by atoms with van der Waals surface area (Å²) in [7, 11) is 0. The highest BCUT2D eigenvalue weighted by Crippen LogP contribution is 2.19. The lowest BCUT2D eigenvalue weighted by molar-refractivity contribution is 0.0288. The number of likely N-dealkylation sites (tertiary alicyclic amines) is 1. The van der Waals surface area contributed by atoms with E-state index >= 15 is 0 Å². The summed E-state index contributed by atoms with van der Waals surface area (Å²) < 4.78 is 5.41. The van der Waals surface area contributed by atoms with Crippen LogP contribution in [0.3, 0.4) is 0 Å². The number of ether oxygens (including phenoxy) is 1. The Kier molecular flexibility index (Phi) is 5.70. The first-order valence-corrected chi connectivity index (χ1v) is 8.15. The average molecular weight is 325 g/mol. The number of halogens is 1. The minimum absolute atomic E-state index is 0.207. The number of carbonyl (C=O) groups excluding carboxylic acids is 1. The highest BCUT2D eigenvalue weighted by Gasteiger charge is 2.29. The third-order valence-corrected chi connectivity index (χ3v) is 4.01. The molecule has 0 bridgehead atoms. The standard InChI is InChI=1S/C17H25ClN2O2/c1-17(2,3)22-16(21)20-9-8-13(12-20)10-19-11-14-6-4-5-7-15(14)18/h4-7,13,19H,8-12H2,1-3H3. The van der Waals surface area contributed by atoms with Crippen molar-refractivity contribution in [2.75, 3.05) is 19.6 Å². The van der Waals surface area contributed by atoms with Crippen LogP contribution < -0.4 is 5.32 Å². The molecule has 0 saturated carbocycles. The molecule has 0 aliphatic carbocycles. The summed E-state index contributed by atoms with van der Waals surface area (Å²) in [6, 6.07) is 7.85. The average Bonchev–Trinajstić information content (AvgIpc) is 2.88. The number of benzene rings is 1. The SMILES string of the molecule is CC(C)(C)OC(=O)N1CCC(CNCc2ccccc2Cl)C1. The number of hydrogen-bond donors (Lipinski definition) is 1. The summed E-state index contributed by atoms with van der Waals surface area (Å²) in [5.41, 5.74) is 0.670. The van der Waals surface area contributed by atoms with E-state index in [1.807, 2.05) is 45.0 Å². The number of nitrogens with one attached hydrogen (secondary N) is 1. The van der Waals surface area contributed by atoms with Gasteiger partial charge in [0.25, 0.3) is 0 Å². The van der Waals surface area contributed by atoms with E-state index in [1.54, 1.807) is 4.90 Å². The molecule has 1 amide bonds. The summed E-state index contributed by atoms with van der Waals surface area (Å²) in [6.07, 6.45) is 0.801. The zero-order valence-corrected chi connectivity index (χ0v) is 14.3. The van der Waals surface area contributed by atoms with E-state index in [2.05, 4.69) is 5.32 Å². The van der Waals surface area contributed by atoms with Crippen molar-refractivity contribution in [3.63, 3.8) is 0 Å². The van der Waals surface area contributed by atoms with E-state index < -0.39 is 5.60 Å². The van der Waals surface area contributed by atoms with E-state index in [0.717, 1.165) is 43.2 Å². The Bertz CT molecular complexity index is 514. The van der Waals surface area contributed by atoms with E-state index in [-0.39, 0.29) is 6.09 Å². The molecule has 0 aromatic heterocycles. The number of nitrogens with zero attached hydrogens (tertiary/aromatic N) is 1. The van der Waals surface area contributed by atoms with Crippen molar-refractivity contribution in [1.82, 2.24) is 10.2 Å². The molecule has 4 nitrogen and oxygen atoms in total. The van der Waals surface area contributed by atoms with E-state index in [4.69, 9.17) is 16.3 Å². The monoisotopic (exact) mass is 324 g/mol. The van der Waals surface area contributed by atoms with Crippen LogP contribution in [0.2, 0.25) is 5.02 Å². The lowest BCUT2D eigenvalue weighted by Crippen LogP contribution is -2.36. The minimum Gasteiger partial charge on any atom is -0.444 e. The molecular formula is C17H25ClN2O2. The lowest BCUT2D eigenvalue weighted by atomic mass is 10.1. The van der Waals surface area contributed by atoms with Crippen LogP contribution >= 0.6 is 11.6 Å². The molecular weight excluding hydrogens is 300 g/mol. The van der Waals surface area contributed by atoms with Gasteiger partial charge in [0.05, 0.1) is 0 Å². The van der Waals surface area contributed by atoms with E-state index in [1.165, 1.54) is 0 Å². The van der Waals surface area contributed by atoms with Gasteiger partial charge in [0.1, 0.15) is 5.60 Å². The van der Waals surface area contributed by atoms with Crippen LogP contribution in [0.1, 0.15) is 32.8 Å². The second-order valence-electron chi connectivity index (χ2n) is 6.80. The van der Waals surface area contributed by atoms with Gasteiger partial charge in [-0.3, -0.25) is 0 Å². The molecule has 122 valence electrons. The summed E-state index contributed by atoms with van der Waals surface area (Å²) >= 11 is 6.14. The van der Waals surface area contributed by atoms with Crippen LogP contribution in [-0.4, -0.2) is 36.2 Å². The Morgan fingerprint density at radius 1 is 1.41 bits per heavy atom. The number of carbonyl (C=O) groups is 1. The summed E-state index contributed by atoms with van der Waals surface area (Å²) in [5, 5.41) is 4.22. The zero-order chi connectivity index (χ0) is 16.2. The lowest BCUT2D eigenvalue weighted by Gasteiger charge is -2.24. The zero-order valence-electron chi connectivity index (χ0n) is 13.6. The van der Waals surface area contributed by atoms with Gasteiger partial charge in [0.15, 0.2) is 0 Å².